The number of aromatic nitrogens is 5. The van der Waals surface area contributed by atoms with Crippen molar-refractivity contribution >= 4 is 40.5 Å². The molecule has 0 bridgehead atoms. The fraction of sp³-hybridized carbons (Fsp3) is 0.333. The summed E-state index contributed by atoms with van der Waals surface area (Å²) >= 11 is 1.44. The lowest BCUT2D eigenvalue weighted by Gasteiger charge is -2.33. The van der Waals surface area contributed by atoms with Crippen LogP contribution in [0.4, 0.5) is 17.3 Å². The maximum atomic E-state index is 12.5. The molecule has 3 aromatic heterocycles. The molecule has 1 aliphatic rings. The van der Waals surface area contributed by atoms with E-state index in [2.05, 4.69) is 30.8 Å². The monoisotopic (exact) mass is 492 g/mol. The Bertz CT molecular complexity index is 1300. The van der Waals surface area contributed by atoms with Crippen LogP contribution in [0.5, 0.6) is 0 Å². The summed E-state index contributed by atoms with van der Waals surface area (Å²) < 4.78 is 1.78. The van der Waals surface area contributed by atoms with Gasteiger partial charge in [-0.1, -0.05) is 6.42 Å². The van der Waals surface area contributed by atoms with Gasteiger partial charge in [0.1, 0.15) is 5.52 Å². The van der Waals surface area contributed by atoms with E-state index in [0.717, 1.165) is 47.6 Å². The number of aliphatic hydroxyl groups excluding tert-OH is 1. The van der Waals surface area contributed by atoms with E-state index < -0.39 is 0 Å². The van der Waals surface area contributed by atoms with Crippen molar-refractivity contribution in [3.63, 3.8) is 0 Å². The van der Waals surface area contributed by atoms with Gasteiger partial charge in [0.15, 0.2) is 11.6 Å². The molecule has 5 rings (SSSR count). The molecule has 0 spiro atoms. The summed E-state index contributed by atoms with van der Waals surface area (Å²) in [5, 5.41) is 28.1. The number of H-pyrrole nitrogens is 1. The van der Waals surface area contributed by atoms with Crippen molar-refractivity contribution in [2.75, 3.05) is 30.3 Å². The highest BCUT2D eigenvalue weighted by molar-refractivity contribution is 7.99. The van der Waals surface area contributed by atoms with Crippen LogP contribution in [-0.2, 0) is 4.79 Å². The molecule has 35 heavy (non-hydrogen) atoms. The first-order chi connectivity index (χ1) is 17.1. The highest BCUT2D eigenvalue weighted by Gasteiger charge is 2.23. The molecule has 1 aliphatic heterocycles. The normalized spacial score (nSPS) is 16.5. The average Bonchev–Trinajstić information content (AvgIpc) is 3.49. The molecule has 1 fully saturated rings. The standard InChI is InChI=1S/C24H28N8O2S/c1-16-13-21(29-28-16)26-23-20-6-4-12-32(20)30-24(27-23)35-19-9-7-17(8-10-19)25-22(34)14-31-11-3-2-5-18(31)15-33/h4,6-10,12-13,18,33H,2-3,5,11,14-15H2,1H3,(H,25,34)(H2,26,27,28,29,30). The Morgan fingerprint density at radius 3 is 2.89 bits per heavy atom. The van der Waals surface area contributed by atoms with E-state index in [-0.39, 0.29) is 25.1 Å². The highest BCUT2D eigenvalue weighted by atomic mass is 32.2. The second-order valence-corrected chi connectivity index (χ2v) is 9.66. The highest BCUT2D eigenvalue weighted by Crippen LogP contribution is 2.29. The van der Waals surface area contributed by atoms with Gasteiger partial charge in [-0.3, -0.25) is 14.8 Å². The zero-order valence-corrected chi connectivity index (χ0v) is 20.3. The second-order valence-electron chi connectivity index (χ2n) is 8.62. The minimum Gasteiger partial charge on any atom is -0.395 e. The molecule has 0 aliphatic carbocycles. The number of hydrogen-bond donors (Lipinski definition) is 4. The maximum absolute atomic E-state index is 12.5. The molecule has 182 valence electrons. The van der Waals surface area contributed by atoms with Gasteiger partial charge in [0.2, 0.25) is 11.1 Å². The Hall–Kier alpha value is -3.41. The van der Waals surface area contributed by atoms with Crippen molar-refractivity contribution in [2.45, 2.75) is 42.3 Å². The number of fused-ring (bicyclic) bond motifs is 1. The van der Waals surface area contributed by atoms with Crippen LogP contribution in [0.1, 0.15) is 25.0 Å². The summed E-state index contributed by atoms with van der Waals surface area (Å²) in [6, 6.07) is 13.5. The number of carbonyl (C=O) groups is 1. The van der Waals surface area contributed by atoms with E-state index in [1.54, 1.807) is 4.52 Å². The predicted molar refractivity (Wildman–Crippen MR) is 135 cm³/mol. The van der Waals surface area contributed by atoms with Gasteiger partial charge in [0.05, 0.1) is 13.2 Å². The summed E-state index contributed by atoms with van der Waals surface area (Å²) in [5.74, 6) is 1.29. The summed E-state index contributed by atoms with van der Waals surface area (Å²) in [7, 11) is 0. The third kappa shape index (κ3) is 5.64. The smallest absolute Gasteiger partial charge is 0.238 e. The summed E-state index contributed by atoms with van der Waals surface area (Å²) in [6.45, 7) is 3.17. The summed E-state index contributed by atoms with van der Waals surface area (Å²) in [6.07, 6.45) is 4.98. The van der Waals surface area contributed by atoms with Gasteiger partial charge in [0.25, 0.3) is 0 Å². The molecular formula is C24H28N8O2S. The Kier molecular flexibility index (Phi) is 6.98. The Morgan fingerprint density at radius 2 is 2.11 bits per heavy atom. The van der Waals surface area contributed by atoms with E-state index in [9.17, 15) is 9.90 Å². The molecule has 1 unspecified atom stereocenters. The lowest BCUT2D eigenvalue weighted by Crippen LogP contribution is -2.45. The number of nitrogens with one attached hydrogen (secondary N) is 3. The zero-order chi connectivity index (χ0) is 24.2. The van der Waals surface area contributed by atoms with Crippen LogP contribution in [0.15, 0.2) is 58.7 Å². The van der Waals surface area contributed by atoms with Crippen molar-refractivity contribution in [3.8, 4) is 0 Å². The predicted octanol–water partition coefficient (Wildman–Crippen LogP) is 3.44. The lowest BCUT2D eigenvalue weighted by molar-refractivity contribution is -0.118. The van der Waals surface area contributed by atoms with Crippen LogP contribution in [-0.4, -0.2) is 66.4 Å². The molecule has 4 aromatic rings. The fourth-order valence-corrected chi connectivity index (χ4v) is 4.97. The second kappa shape index (κ2) is 10.5. The molecule has 4 heterocycles. The molecule has 4 N–H and O–H groups in total. The number of aliphatic hydroxyl groups is 1. The fourth-order valence-electron chi connectivity index (χ4n) is 4.22. The number of piperidine rings is 1. The molecule has 11 heteroatoms. The third-order valence-corrected chi connectivity index (χ3v) is 6.84. The van der Waals surface area contributed by atoms with E-state index in [4.69, 9.17) is 4.98 Å². The van der Waals surface area contributed by atoms with Gasteiger partial charge in [0, 0.05) is 34.6 Å². The minimum absolute atomic E-state index is 0.0716. The van der Waals surface area contributed by atoms with Gasteiger partial charge >= 0.3 is 0 Å². The van der Waals surface area contributed by atoms with Gasteiger partial charge in [-0.15, -0.1) is 5.10 Å². The number of aromatic amines is 1. The first-order valence-corrected chi connectivity index (χ1v) is 12.5. The molecule has 1 atom stereocenters. The van der Waals surface area contributed by atoms with E-state index >= 15 is 0 Å². The van der Waals surface area contributed by atoms with Gasteiger partial charge < -0.3 is 15.7 Å². The number of rotatable bonds is 8. The first kappa shape index (κ1) is 23.3. The molecule has 1 amide bonds. The van der Waals surface area contributed by atoms with E-state index in [0.29, 0.717) is 16.8 Å². The third-order valence-electron chi connectivity index (χ3n) is 5.98. The molecular weight excluding hydrogens is 464 g/mol. The minimum atomic E-state index is -0.0727. The van der Waals surface area contributed by atoms with Crippen molar-refractivity contribution in [1.29, 1.82) is 0 Å². The van der Waals surface area contributed by atoms with Crippen LogP contribution in [0, 0.1) is 6.92 Å². The number of amides is 1. The number of aryl methyl sites for hydroxylation is 1. The summed E-state index contributed by atoms with van der Waals surface area (Å²) in [5.41, 5.74) is 2.54. The molecule has 0 radical (unpaired) electrons. The Labute approximate surface area is 207 Å². The zero-order valence-electron chi connectivity index (χ0n) is 19.4. The number of hydrogen-bond acceptors (Lipinski definition) is 8. The SMILES string of the molecule is Cc1cc(Nc2nc(Sc3ccc(NC(=O)CN4CCCCC4CO)cc3)nn3cccc23)n[nH]1. The number of carbonyl (C=O) groups excluding carboxylic acids is 1. The van der Waals surface area contributed by atoms with E-state index in [1.807, 2.05) is 55.6 Å². The van der Waals surface area contributed by atoms with Crippen LogP contribution in [0.25, 0.3) is 5.52 Å². The number of anilines is 3. The van der Waals surface area contributed by atoms with Crippen LogP contribution in [0.3, 0.4) is 0 Å². The number of benzene rings is 1. The van der Waals surface area contributed by atoms with Crippen molar-refractivity contribution < 1.29 is 9.90 Å². The molecule has 1 saturated heterocycles. The summed E-state index contributed by atoms with van der Waals surface area (Å²) in [4.78, 5) is 20.2. The number of nitrogens with zero attached hydrogens (tertiary/aromatic N) is 5. The van der Waals surface area contributed by atoms with Crippen molar-refractivity contribution in [2.24, 2.45) is 0 Å². The average molecular weight is 493 g/mol. The largest absolute Gasteiger partial charge is 0.395 e. The Balaban J connectivity index is 1.24. The first-order valence-electron chi connectivity index (χ1n) is 11.6. The van der Waals surface area contributed by atoms with Crippen LogP contribution < -0.4 is 10.6 Å². The molecule has 0 saturated carbocycles. The van der Waals surface area contributed by atoms with Crippen LogP contribution >= 0.6 is 11.8 Å². The topological polar surface area (TPSA) is 123 Å². The number of likely N-dealkylation sites (tertiary alicyclic amines) is 1. The quantitative estimate of drug-likeness (QED) is 0.295. The molecule has 1 aromatic carbocycles. The van der Waals surface area contributed by atoms with Gasteiger partial charge in [-0.25, -0.2) is 9.50 Å². The van der Waals surface area contributed by atoms with Crippen molar-refractivity contribution in [1.82, 2.24) is 29.7 Å². The van der Waals surface area contributed by atoms with Gasteiger partial charge in [-0.05, 0) is 74.5 Å². The molecule has 10 nitrogen and oxygen atoms in total. The van der Waals surface area contributed by atoms with Crippen molar-refractivity contribution in [3.05, 3.63) is 54.4 Å². The van der Waals surface area contributed by atoms with Crippen LogP contribution in [0.2, 0.25) is 0 Å². The van der Waals surface area contributed by atoms with E-state index in [1.165, 1.54) is 11.8 Å². The lowest BCUT2D eigenvalue weighted by atomic mass is 10.0. The maximum Gasteiger partial charge on any atom is 0.238 e. The van der Waals surface area contributed by atoms with Gasteiger partial charge in [-0.2, -0.15) is 5.10 Å². The Morgan fingerprint density at radius 1 is 1.26 bits per heavy atom.